The summed E-state index contributed by atoms with van der Waals surface area (Å²) in [5.74, 6) is 4.81. The average molecular weight is 455 g/mol. The van der Waals surface area contributed by atoms with E-state index in [9.17, 15) is 4.79 Å². The van der Waals surface area contributed by atoms with E-state index in [0.717, 1.165) is 34.9 Å². The molecule has 0 atom stereocenters. The lowest BCUT2D eigenvalue weighted by atomic mass is 9.49. The Labute approximate surface area is 199 Å². The molecule has 2 heterocycles. The van der Waals surface area contributed by atoms with E-state index in [-0.39, 0.29) is 11.3 Å². The lowest BCUT2D eigenvalue weighted by molar-refractivity contribution is -0.124. The van der Waals surface area contributed by atoms with Crippen LogP contribution in [0.2, 0.25) is 0 Å². The number of pyridine rings is 1. The molecule has 1 aromatic carbocycles. The Morgan fingerprint density at radius 3 is 2.09 bits per heavy atom. The summed E-state index contributed by atoms with van der Waals surface area (Å²) in [5, 5.41) is 9.59. The van der Waals surface area contributed by atoms with Crippen LogP contribution >= 0.6 is 0 Å². The van der Waals surface area contributed by atoms with Gasteiger partial charge in [0.2, 0.25) is 5.91 Å². The van der Waals surface area contributed by atoms with Gasteiger partial charge in [0.1, 0.15) is 23.8 Å². The fourth-order valence-electron chi connectivity index (χ4n) is 6.90. The summed E-state index contributed by atoms with van der Waals surface area (Å²) < 4.78 is 0. The summed E-state index contributed by atoms with van der Waals surface area (Å²) >= 11 is 0. The number of rotatable bonds is 7. The molecule has 7 rings (SSSR count). The second-order valence-corrected chi connectivity index (χ2v) is 10.5. The van der Waals surface area contributed by atoms with Crippen molar-refractivity contribution in [3.05, 3.63) is 61.1 Å². The number of benzene rings is 1. The van der Waals surface area contributed by atoms with Crippen molar-refractivity contribution in [2.24, 2.45) is 23.2 Å². The van der Waals surface area contributed by atoms with E-state index in [4.69, 9.17) is 0 Å². The first-order valence-corrected chi connectivity index (χ1v) is 12.3. The van der Waals surface area contributed by atoms with Gasteiger partial charge in [0.25, 0.3) is 0 Å². The van der Waals surface area contributed by atoms with Gasteiger partial charge in [-0.3, -0.25) is 4.79 Å². The Kier molecular flexibility index (Phi) is 5.40. The molecule has 0 unspecified atom stereocenters. The van der Waals surface area contributed by atoms with Crippen molar-refractivity contribution in [2.75, 3.05) is 16.0 Å². The van der Waals surface area contributed by atoms with Crippen LogP contribution in [0, 0.1) is 23.2 Å². The van der Waals surface area contributed by atoms with Crippen molar-refractivity contribution in [1.82, 2.24) is 15.0 Å². The summed E-state index contributed by atoms with van der Waals surface area (Å²) in [7, 11) is 0. The Bertz CT molecular complexity index is 1130. The molecule has 1 amide bonds. The molecule has 3 N–H and O–H groups in total. The number of amides is 1. The molecule has 7 heteroatoms. The first kappa shape index (κ1) is 21.1. The van der Waals surface area contributed by atoms with Crippen LogP contribution in [0.3, 0.4) is 0 Å². The highest BCUT2D eigenvalue weighted by Gasteiger charge is 2.51. The van der Waals surface area contributed by atoms with Gasteiger partial charge in [-0.15, -0.1) is 0 Å². The Morgan fingerprint density at radius 1 is 0.794 bits per heavy atom. The van der Waals surface area contributed by atoms with Crippen LogP contribution in [0.15, 0.2) is 61.1 Å². The van der Waals surface area contributed by atoms with E-state index in [2.05, 4.69) is 30.9 Å². The van der Waals surface area contributed by atoms with E-state index in [1.807, 2.05) is 48.5 Å². The monoisotopic (exact) mass is 454 g/mol. The number of carbonyl (C=O) groups is 1. The highest BCUT2D eigenvalue weighted by molar-refractivity contribution is 5.91. The van der Waals surface area contributed by atoms with Crippen molar-refractivity contribution in [3.8, 4) is 0 Å². The summed E-state index contributed by atoms with van der Waals surface area (Å²) in [6, 6.07) is 15.3. The predicted molar refractivity (Wildman–Crippen MR) is 133 cm³/mol. The molecule has 34 heavy (non-hydrogen) atoms. The first-order valence-electron chi connectivity index (χ1n) is 12.3. The lowest BCUT2D eigenvalue weighted by Gasteiger charge is -2.56. The fraction of sp³-hybridized carbons (Fsp3) is 0.407. The van der Waals surface area contributed by atoms with Crippen LogP contribution in [-0.2, 0) is 4.79 Å². The molecule has 2 aromatic heterocycles. The third-order valence-electron chi connectivity index (χ3n) is 7.73. The van der Waals surface area contributed by atoms with Crippen molar-refractivity contribution >= 4 is 34.7 Å². The van der Waals surface area contributed by atoms with Gasteiger partial charge in [0, 0.05) is 30.1 Å². The highest BCUT2D eigenvalue weighted by Crippen LogP contribution is 2.61. The number of hydrogen-bond acceptors (Lipinski definition) is 6. The van der Waals surface area contributed by atoms with Gasteiger partial charge in [-0.25, -0.2) is 15.0 Å². The molecule has 0 aliphatic heterocycles. The Balaban J connectivity index is 1.06. The molecule has 174 valence electrons. The van der Waals surface area contributed by atoms with E-state index < -0.39 is 0 Å². The summed E-state index contributed by atoms with van der Waals surface area (Å²) in [6.07, 6.45) is 11.9. The average Bonchev–Trinajstić information content (AvgIpc) is 2.80. The normalized spacial score (nSPS) is 26.8. The number of nitrogens with one attached hydrogen (secondary N) is 3. The minimum atomic E-state index is 0.156. The van der Waals surface area contributed by atoms with Gasteiger partial charge in [-0.1, -0.05) is 6.07 Å². The highest BCUT2D eigenvalue weighted by atomic mass is 16.1. The molecular formula is C27H30N6O. The molecule has 4 saturated carbocycles. The SMILES string of the molecule is O=C(CC12CC3CC(CC(C3)C1)C2)Nc1ccc(Nc2cc(Nc3ccccn3)ncn2)cc1. The molecular weight excluding hydrogens is 424 g/mol. The van der Waals surface area contributed by atoms with Crippen molar-refractivity contribution in [1.29, 1.82) is 0 Å². The third kappa shape index (κ3) is 4.60. The minimum Gasteiger partial charge on any atom is -0.340 e. The zero-order chi connectivity index (χ0) is 23.0. The minimum absolute atomic E-state index is 0.156. The molecule has 4 bridgehead atoms. The van der Waals surface area contributed by atoms with E-state index in [1.54, 1.807) is 6.20 Å². The van der Waals surface area contributed by atoms with Gasteiger partial charge >= 0.3 is 0 Å². The van der Waals surface area contributed by atoms with Crippen LogP contribution < -0.4 is 16.0 Å². The van der Waals surface area contributed by atoms with Gasteiger partial charge < -0.3 is 16.0 Å². The van der Waals surface area contributed by atoms with Gasteiger partial charge in [-0.2, -0.15) is 0 Å². The Hall–Kier alpha value is -3.48. The maximum absolute atomic E-state index is 12.9. The van der Waals surface area contributed by atoms with Crippen LogP contribution in [0.4, 0.5) is 28.8 Å². The first-order chi connectivity index (χ1) is 16.6. The van der Waals surface area contributed by atoms with E-state index in [0.29, 0.717) is 18.1 Å². The third-order valence-corrected chi connectivity index (χ3v) is 7.73. The number of hydrogen-bond donors (Lipinski definition) is 3. The van der Waals surface area contributed by atoms with Crippen LogP contribution in [0.25, 0.3) is 0 Å². The van der Waals surface area contributed by atoms with Crippen LogP contribution in [0.1, 0.15) is 44.9 Å². The molecule has 0 radical (unpaired) electrons. The quantitative estimate of drug-likeness (QED) is 0.411. The fourth-order valence-corrected chi connectivity index (χ4v) is 6.90. The number of carbonyl (C=O) groups excluding carboxylic acids is 1. The number of aromatic nitrogens is 3. The topological polar surface area (TPSA) is 91.8 Å². The van der Waals surface area contributed by atoms with E-state index >= 15 is 0 Å². The molecule has 0 spiro atoms. The number of anilines is 5. The maximum Gasteiger partial charge on any atom is 0.224 e. The number of nitrogens with zero attached hydrogens (tertiary/aromatic N) is 3. The summed E-state index contributed by atoms with van der Waals surface area (Å²) in [4.78, 5) is 25.7. The van der Waals surface area contributed by atoms with Gasteiger partial charge in [0.15, 0.2) is 0 Å². The summed E-state index contributed by atoms with van der Waals surface area (Å²) in [5.41, 5.74) is 1.98. The molecule has 4 aliphatic carbocycles. The molecule has 0 saturated heterocycles. The van der Waals surface area contributed by atoms with Crippen LogP contribution in [0.5, 0.6) is 0 Å². The molecule has 7 nitrogen and oxygen atoms in total. The second-order valence-electron chi connectivity index (χ2n) is 10.5. The van der Waals surface area contributed by atoms with Crippen molar-refractivity contribution in [3.63, 3.8) is 0 Å². The Morgan fingerprint density at radius 2 is 1.44 bits per heavy atom. The lowest BCUT2D eigenvalue weighted by Crippen LogP contribution is -2.47. The predicted octanol–water partition coefficient (Wildman–Crippen LogP) is 5.90. The molecule has 4 aliphatic rings. The smallest absolute Gasteiger partial charge is 0.224 e. The summed E-state index contributed by atoms with van der Waals surface area (Å²) in [6.45, 7) is 0. The maximum atomic E-state index is 12.9. The van der Waals surface area contributed by atoms with Crippen LogP contribution in [-0.4, -0.2) is 20.9 Å². The van der Waals surface area contributed by atoms with Gasteiger partial charge in [0.05, 0.1) is 0 Å². The molecule has 4 fully saturated rings. The van der Waals surface area contributed by atoms with Crippen molar-refractivity contribution in [2.45, 2.75) is 44.9 Å². The second kappa shape index (κ2) is 8.70. The zero-order valence-electron chi connectivity index (χ0n) is 19.2. The molecule has 3 aromatic rings. The van der Waals surface area contributed by atoms with E-state index in [1.165, 1.54) is 44.9 Å². The zero-order valence-corrected chi connectivity index (χ0v) is 19.2. The largest absolute Gasteiger partial charge is 0.340 e. The van der Waals surface area contributed by atoms with Crippen molar-refractivity contribution < 1.29 is 4.79 Å². The van der Waals surface area contributed by atoms with Gasteiger partial charge in [-0.05, 0) is 98.1 Å². The standard InChI is InChI=1S/C27H30N6O/c34-26(16-27-13-18-9-19(14-27)11-20(10-18)15-27)32-22-6-4-21(5-7-22)31-24-12-25(30-17-29-24)33-23-3-1-2-8-28-23/h1-8,12,17-20H,9-11,13-16H2,(H,32,34)(H2,28,29,30,31,33).